The molecule has 1 aromatic heterocycles. The highest BCUT2D eigenvalue weighted by Crippen LogP contribution is 2.13. The lowest BCUT2D eigenvalue weighted by molar-refractivity contribution is 0.428. The van der Waals surface area contributed by atoms with Gasteiger partial charge in [-0.1, -0.05) is 18.5 Å². The summed E-state index contributed by atoms with van der Waals surface area (Å²) < 4.78 is 24.1. The molecule has 0 bridgehead atoms. The minimum absolute atomic E-state index is 0.313. The number of nitrogens with one attached hydrogen (secondary N) is 1. The number of hydrogen-bond acceptors (Lipinski definition) is 5. The highest BCUT2D eigenvalue weighted by molar-refractivity contribution is 7.88. The van der Waals surface area contributed by atoms with E-state index < -0.39 is 10.0 Å². The third-order valence-corrected chi connectivity index (χ3v) is 4.01. The molecule has 0 aliphatic carbocycles. The molecule has 1 N–H and O–H groups in total. The monoisotopic (exact) mass is 292 g/mol. The van der Waals surface area contributed by atoms with Gasteiger partial charge < -0.3 is 5.32 Å². The van der Waals surface area contributed by atoms with E-state index in [0.29, 0.717) is 37.0 Å². The molecule has 8 heteroatoms. The summed E-state index contributed by atoms with van der Waals surface area (Å²) in [6.07, 6.45) is 4.94. The summed E-state index contributed by atoms with van der Waals surface area (Å²) in [5.41, 5.74) is 0. The zero-order valence-corrected chi connectivity index (χ0v) is 12.0. The predicted molar refractivity (Wildman–Crippen MR) is 72.2 cm³/mol. The van der Waals surface area contributed by atoms with Gasteiger partial charge in [0.25, 0.3) is 0 Å². The lowest BCUT2D eigenvalue weighted by Crippen LogP contribution is -2.31. The Balaban J connectivity index is 2.37. The van der Waals surface area contributed by atoms with Crippen LogP contribution in [0.5, 0.6) is 0 Å². The lowest BCUT2D eigenvalue weighted by atomic mass is 10.4. The van der Waals surface area contributed by atoms with Crippen molar-refractivity contribution in [1.82, 2.24) is 14.3 Å². The van der Waals surface area contributed by atoms with Crippen molar-refractivity contribution in [2.75, 3.05) is 31.2 Å². The Labute approximate surface area is 112 Å². The van der Waals surface area contributed by atoms with Gasteiger partial charge in [-0.05, 0) is 6.42 Å². The van der Waals surface area contributed by atoms with E-state index in [4.69, 9.17) is 11.6 Å². The molecule has 1 aromatic rings. The fraction of sp³-hybridized carbons (Fsp3) is 0.600. The predicted octanol–water partition coefficient (Wildman–Crippen LogP) is 1.21. The van der Waals surface area contributed by atoms with Crippen LogP contribution in [0, 0.1) is 0 Å². The van der Waals surface area contributed by atoms with E-state index >= 15 is 0 Å². The highest BCUT2D eigenvalue weighted by atomic mass is 35.5. The third kappa shape index (κ3) is 4.75. The molecule has 0 aromatic carbocycles. The first-order chi connectivity index (χ1) is 8.45. The van der Waals surface area contributed by atoms with Gasteiger partial charge in [0.15, 0.2) is 11.0 Å². The number of anilines is 1. The molecule has 0 aliphatic heterocycles. The summed E-state index contributed by atoms with van der Waals surface area (Å²) in [5.74, 6) is 0.515. The topological polar surface area (TPSA) is 75.2 Å². The van der Waals surface area contributed by atoms with Gasteiger partial charge in [0.1, 0.15) is 0 Å². The standard InChI is InChI=1S/C10H17ClN4O2S/c1-3-15(18(2,16)17)8-4-5-13-10-9(11)12-6-7-14-10/h6-7H,3-5,8H2,1-2H3,(H,13,14). The molecule has 0 atom stereocenters. The van der Waals surface area contributed by atoms with Crippen molar-refractivity contribution in [2.45, 2.75) is 13.3 Å². The van der Waals surface area contributed by atoms with Crippen molar-refractivity contribution in [3.8, 4) is 0 Å². The maximum atomic E-state index is 11.3. The van der Waals surface area contributed by atoms with E-state index in [2.05, 4.69) is 15.3 Å². The van der Waals surface area contributed by atoms with Gasteiger partial charge in [0.05, 0.1) is 6.26 Å². The van der Waals surface area contributed by atoms with Crippen LogP contribution in [0.1, 0.15) is 13.3 Å². The first kappa shape index (κ1) is 15.1. The van der Waals surface area contributed by atoms with Crippen LogP contribution in [0.15, 0.2) is 12.4 Å². The van der Waals surface area contributed by atoms with Gasteiger partial charge in [-0.2, -0.15) is 0 Å². The van der Waals surface area contributed by atoms with Gasteiger partial charge in [-0.3, -0.25) is 0 Å². The number of nitrogens with zero attached hydrogens (tertiary/aromatic N) is 3. The lowest BCUT2D eigenvalue weighted by Gasteiger charge is -2.17. The molecule has 0 fully saturated rings. The molecule has 0 saturated heterocycles. The zero-order chi connectivity index (χ0) is 13.6. The van der Waals surface area contributed by atoms with Crippen molar-refractivity contribution >= 4 is 27.4 Å². The van der Waals surface area contributed by atoms with Gasteiger partial charge in [-0.25, -0.2) is 22.7 Å². The van der Waals surface area contributed by atoms with Gasteiger partial charge in [-0.15, -0.1) is 0 Å². The SMILES string of the molecule is CCN(CCCNc1nccnc1Cl)S(C)(=O)=O. The Morgan fingerprint density at radius 3 is 2.61 bits per heavy atom. The first-order valence-corrected chi connectivity index (χ1v) is 7.83. The smallest absolute Gasteiger partial charge is 0.211 e. The quantitative estimate of drug-likeness (QED) is 0.765. The molecule has 1 heterocycles. The van der Waals surface area contributed by atoms with Crippen molar-refractivity contribution < 1.29 is 8.42 Å². The maximum Gasteiger partial charge on any atom is 0.211 e. The Hall–Kier alpha value is -0.920. The summed E-state index contributed by atoms with van der Waals surface area (Å²) in [6.45, 7) is 3.35. The van der Waals surface area contributed by atoms with Crippen LogP contribution >= 0.6 is 11.6 Å². The van der Waals surface area contributed by atoms with E-state index in [9.17, 15) is 8.42 Å². The molecule has 1 rings (SSSR count). The van der Waals surface area contributed by atoms with Crippen LogP contribution in [0.2, 0.25) is 5.15 Å². The fourth-order valence-corrected chi connectivity index (χ4v) is 2.56. The number of halogens is 1. The fourth-order valence-electron chi connectivity index (χ4n) is 1.46. The largest absolute Gasteiger partial charge is 0.367 e. The van der Waals surface area contributed by atoms with Crippen molar-refractivity contribution in [2.24, 2.45) is 0 Å². The zero-order valence-electron chi connectivity index (χ0n) is 10.4. The molecule has 0 amide bonds. The molecular formula is C10H17ClN4O2S. The minimum atomic E-state index is -3.12. The molecule has 6 nitrogen and oxygen atoms in total. The second-order valence-electron chi connectivity index (χ2n) is 3.73. The van der Waals surface area contributed by atoms with E-state index in [0.717, 1.165) is 0 Å². The van der Waals surface area contributed by atoms with Crippen LogP contribution in [0.25, 0.3) is 0 Å². The maximum absolute atomic E-state index is 11.3. The summed E-state index contributed by atoms with van der Waals surface area (Å²) in [4.78, 5) is 7.91. The molecule has 0 aliphatic rings. The summed E-state index contributed by atoms with van der Waals surface area (Å²) >= 11 is 5.82. The van der Waals surface area contributed by atoms with Crippen LogP contribution in [-0.2, 0) is 10.0 Å². The third-order valence-electron chi connectivity index (χ3n) is 2.35. The molecule has 0 radical (unpaired) electrons. The summed E-state index contributed by atoms with van der Waals surface area (Å²) in [7, 11) is -3.12. The van der Waals surface area contributed by atoms with E-state index in [-0.39, 0.29) is 0 Å². The normalized spacial score (nSPS) is 11.8. The van der Waals surface area contributed by atoms with Gasteiger partial charge in [0, 0.05) is 32.0 Å². The van der Waals surface area contributed by atoms with Crippen LogP contribution in [0.4, 0.5) is 5.82 Å². The number of sulfonamides is 1. The summed E-state index contributed by atoms with van der Waals surface area (Å²) in [5, 5.41) is 3.33. The Morgan fingerprint density at radius 1 is 1.39 bits per heavy atom. The second kappa shape index (κ2) is 6.86. The minimum Gasteiger partial charge on any atom is -0.367 e. The summed E-state index contributed by atoms with van der Waals surface area (Å²) in [6, 6.07) is 0. The van der Waals surface area contributed by atoms with E-state index in [1.807, 2.05) is 6.92 Å². The van der Waals surface area contributed by atoms with Crippen molar-refractivity contribution in [3.05, 3.63) is 17.5 Å². The van der Waals surface area contributed by atoms with Crippen LogP contribution in [0.3, 0.4) is 0 Å². The number of hydrogen-bond donors (Lipinski definition) is 1. The van der Waals surface area contributed by atoms with Crippen molar-refractivity contribution in [3.63, 3.8) is 0 Å². The molecule has 0 unspecified atom stereocenters. The second-order valence-corrected chi connectivity index (χ2v) is 6.07. The van der Waals surface area contributed by atoms with E-state index in [1.165, 1.54) is 16.8 Å². The highest BCUT2D eigenvalue weighted by Gasteiger charge is 2.13. The van der Waals surface area contributed by atoms with Gasteiger partial charge >= 0.3 is 0 Å². The van der Waals surface area contributed by atoms with Gasteiger partial charge in [0.2, 0.25) is 10.0 Å². The van der Waals surface area contributed by atoms with Crippen LogP contribution < -0.4 is 5.32 Å². The average Bonchev–Trinajstić information content (AvgIpc) is 2.29. The molecule has 0 spiro atoms. The molecule has 18 heavy (non-hydrogen) atoms. The molecular weight excluding hydrogens is 276 g/mol. The molecule has 0 saturated carbocycles. The Morgan fingerprint density at radius 2 is 2.06 bits per heavy atom. The van der Waals surface area contributed by atoms with Crippen molar-refractivity contribution in [1.29, 1.82) is 0 Å². The molecule has 102 valence electrons. The Bertz CT molecular complexity index is 481. The first-order valence-electron chi connectivity index (χ1n) is 5.60. The number of aromatic nitrogens is 2. The van der Waals surface area contributed by atoms with E-state index in [1.54, 1.807) is 6.20 Å². The average molecular weight is 293 g/mol. The van der Waals surface area contributed by atoms with Crippen LogP contribution in [-0.4, -0.2) is 48.6 Å². The number of rotatable bonds is 7. The Kier molecular flexibility index (Phi) is 5.77.